The zero-order valence-electron chi connectivity index (χ0n) is 20.2. The molecular weight excluding hydrogens is 500 g/mol. The van der Waals surface area contributed by atoms with Gasteiger partial charge in [0.05, 0.1) is 12.1 Å². The van der Waals surface area contributed by atoms with Crippen molar-refractivity contribution in [2.75, 3.05) is 5.75 Å². The molecule has 12 heteroatoms. The topological polar surface area (TPSA) is 191 Å². The van der Waals surface area contributed by atoms with Crippen molar-refractivity contribution in [2.24, 2.45) is 5.73 Å². The Hall–Kier alpha value is -3.61. The van der Waals surface area contributed by atoms with Crippen LogP contribution in [0.25, 0.3) is 0 Å². The number of hydrogen-bond donors (Lipinski definition) is 8. The van der Waals surface area contributed by atoms with Gasteiger partial charge in [-0.25, -0.2) is 4.79 Å². The first-order chi connectivity index (χ1) is 17.5. The summed E-state index contributed by atoms with van der Waals surface area (Å²) in [5.41, 5.74) is 7.50. The van der Waals surface area contributed by atoms with E-state index in [9.17, 15) is 34.5 Å². The number of aliphatic hydroxyl groups excluding tert-OH is 1. The van der Waals surface area contributed by atoms with Crippen LogP contribution in [0.1, 0.15) is 18.1 Å². The van der Waals surface area contributed by atoms with Crippen LogP contribution in [0.15, 0.2) is 54.6 Å². The van der Waals surface area contributed by atoms with E-state index in [1.54, 1.807) is 42.5 Å². The van der Waals surface area contributed by atoms with Gasteiger partial charge in [-0.05, 0) is 36.6 Å². The van der Waals surface area contributed by atoms with Crippen molar-refractivity contribution < 1.29 is 34.5 Å². The third-order valence-corrected chi connectivity index (χ3v) is 5.87. The molecule has 0 saturated carbocycles. The maximum absolute atomic E-state index is 13.2. The summed E-state index contributed by atoms with van der Waals surface area (Å²) >= 11 is 4.08. The molecule has 2 aromatic rings. The van der Waals surface area contributed by atoms with Crippen molar-refractivity contribution in [2.45, 2.75) is 50.0 Å². The Morgan fingerprint density at radius 1 is 0.838 bits per heavy atom. The lowest BCUT2D eigenvalue weighted by atomic mass is 10.0. The number of thiol groups is 1. The molecule has 0 aliphatic heterocycles. The number of aliphatic hydroxyl groups is 1. The van der Waals surface area contributed by atoms with Crippen LogP contribution in [0.3, 0.4) is 0 Å². The second kappa shape index (κ2) is 14.2. The maximum atomic E-state index is 13.2. The van der Waals surface area contributed by atoms with E-state index in [4.69, 9.17) is 5.73 Å². The lowest BCUT2D eigenvalue weighted by Crippen LogP contribution is -2.59. The Balaban J connectivity index is 2.14. The Kier molecular flexibility index (Phi) is 11.4. The van der Waals surface area contributed by atoms with Gasteiger partial charge >= 0.3 is 5.97 Å². The van der Waals surface area contributed by atoms with Crippen LogP contribution < -0.4 is 21.7 Å². The molecule has 0 aliphatic rings. The fraction of sp³-hybridized carbons (Fsp3) is 0.360. The molecule has 11 nitrogen and oxygen atoms in total. The number of carboxylic acids is 1. The molecule has 3 amide bonds. The number of carbonyl (C=O) groups is 4. The fourth-order valence-corrected chi connectivity index (χ4v) is 3.68. The van der Waals surface area contributed by atoms with Gasteiger partial charge in [0.2, 0.25) is 17.7 Å². The highest BCUT2D eigenvalue weighted by Gasteiger charge is 2.31. The molecule has 0 bridgehead atoms. The first-order valence-corrected chi connectivity index (χ1v) is 12.1. The monoisotopic (exact) mass is 532 g/mol. The molecule has 0 heterocycles. The number of nitrogens with two attached hydrogens (primary N) is 1. The Morgan fingerprint density at radius 3 is 1.92 bits per heavy atom. The van der Waals surface area contributed by atoms with Crippen molar-refractivity contribution in [1.82, 2.24) is 16.0 Å². The van der Waals surface area contributed by atoms with E-state index in [-0.39, 0.29) is 24.3 Å². The molecule has 2 rings (SSSR count). The van der Waals surface area contributed by atoms with Crippen molar-refractivity contribution in [3.63, 3.8) is 0 Å². The van der Waals surface area contributed by atoms with Crippen LogP contribution >= 0.6 is 12.6 Å². The van der Waals surface area contributed by atoms with E-state index in [0.29, 0.717) is 5.56 Å². The first kappa shape index (κ1) is 29.6. The maximum Gasteiger partial charge on any atom is 0.328 e. The standard InChI is InChI=1S/C25H32N4O7S/c1-14(30)21(25(35)36)29-24(34)20(13-37)28-23(33)19(12-15-5-3-2-4-6-15)27-22(32)18(26)11-16-7-9-17(31)10-8-16/h2-10,14,18-21,30-31,37H,11-13,26H2,1H3,(H,27,32)(H,28,33)(H,29,34)(H,35,36). The summed E-state index contributed by atoms with van der Waals surface area (Å²) in [5.74, 6) is -3.69. The molecule has 37 heavy (non-hydrogen) atoms. The second-order valence-electron chi connectivity index (χ2n) is 8.54. The molecule has 0 spiro atoms. The summed E-state index contributed by atoms with van der Waals surface area (Å²) in [7, 11) is 0. The summed E-state index contributed by atoms with van der Waals surface area (Å²) in [6.07, 6.45) is -1.13. The molecule has 0 aromatic heterocycles. The average Bonchev–Trinajstić information content (AvgIpc) is 2.86. The van der Waals surface area contributed by atoms with Crippen molar-refractivity contribution in [3.8, 4) is 5.75 Å². The highest BCUT2D eigenvalue weighted by atomic mass is 32.1. The Morgan fingerprint density at radius 2 is 1.38 bits per heavy atom. The SMILES string of the molecule is CC(O)C(NC(=O)C(CS)NC(=O)C(Cc1ccccc1)NC(=O)C(N)Cc1ccc(O)cc1)C(=O)O. The summed E-state index contributed by atoms with van der Waals surface area (Å²) in [6, 6.07) is 10.2. The molecule has 0 fully saturated rings. The van der Waals surface area contributed by atoms with Gasteiger partial charge < -0.3 is 37.0 Å². The molecule has 2 aromatic carbocycles. The van der Waals surface area contributed by atoms with Crippen molar-refractivity contribution >= 4 is 36.3 Å². The van der Waals surface area contributed by atoms with Gasteiger partial charge in [0.15, 0.2) is 6.04 Å². The van der Waals surface area contributed by atoms with Gasteiger partial charge in [-0.15, -0.1) is 0 Å². The Labute approximate surface area is 219 Å². The normalized spacial score (nSPS) is 14.9. The number of carboxylic acid groups (broad SMARTS) is 1. The van der Waals surface area contributed by atoms with Gasteiger partial charge in [0.1, 0.15) is 17.8 Å². The minimum absolute atomic E-state index is 0.0762. The van der Waals surface area contributed by atoms with Crippen molar-refractivity contribution in [3.05, 3.63) is 65.7 Å². The number of carbonyl (C=O) groups excluding carboxylic acids is 3. The summed E-state index contributed by atoms with van der Waals surface area (Å²) < 4.78 is 0. The zero-order valence-corrected chi connectivity index (χ0v) is 21.1. The van der Waals surface area contributed by atoms with E-state index in [0.717, 1.165) is 5.56 Å². The summed E-state index contributed by atoms with van der Waals surface area (Å²) in [4.78, 5) is 49.9. The zero-order chi connectivity index (χ0) is 27.5. The van der Waals surface area contributed by atoms with Gasteiger partial charge in [-0.3, -0.25) is 14.4 Å². The quantitative estimate of drug-likeness (QED) is 0.156. The molecule has 0 aliphatic carbocycles. The molecular formula is C25H32N4O7S. The van der Waals surface area contributed by atoms with Gasteiger partial charge in [0, 0.05) is 12.2 Å². The average molecular weight is 533 g/mol. The van der Waals surface area contributed by atoms with Crippen LogP contribution in [0.2, 0.25) is 0 Å². The molecule has 200 valence electrons. The largest absolute Gasteiger partial charge is 0.508 e. The lowest BCUT2D eigenvalue weighted by Gasteiger charge is -2.25. The van der Waals surface area contributed by atoms with Crippen LogP contribution in [0.5, 0.6) is 5.75 Å². The lowest BCUT2D eigenvalue weighted by molar-refractivity contribution is -0.145. The first-order valence-electron chi connectivity index (χ1n) is 11.5. The minimum Gasteiger partial charge on any atom is -0.508 e. The third kappa shape index (κ3) is 9.41. The van der Waals surface area contributed by atoms with E-state index >= 15 is 0 Å². The van der Waals surface area contributed by atoms with Crippen LogP contribution in [-0.4, -0.2) is 75.0 Å². The Bertz CT molecular complexity index is 1070. The minimum atomic E-state index is -1.58. The number of nitrogens with one attached hydrogen (secondary N) is 3. The van der Waals surface area contributed by atoms with E-state index in [1.807, 2.05) is 0 Å². The van der Waals surface area contributed by atoms with Crippen LogP contribution in [0, 0.1) is 0 Å². The molecule has 5 atom stereocenters. The number of aromatic hydroxyl groups is 1. The number of hydrogen-bond acceptors (Lipinski definition) is 8. The highest BCUT2D eigenvalue weighted by Crippen LogP contribution is 2.11. The molecule has 8 N–H and O–H groups in total. The number of phenols is 1. The van der Waals surface area contributed by atoms with Gasteiger partial charge in [0.25, 0.3) is 0 Å². The van der Waals surface area contributed by atoms with Gasteiger partial charge in [-0.2, -0.15) is 12.6 Å². The smallest absolute Gasteiger partial charge is 0.328 e. The summed E-state index contributed by atoms with van der Waals surface area (Å²) in [5, 5.41) is 35.5. The number of rotatable bonds is 13. The number of aliphatic carboxylic acids is 1. The van der Waals surface area contributed by atoms with Crippen LogP contribution in [-0.2, 0) is 32.0 Å². The van der Waals surface area contributed by atoms with Crippen molar-refractivity contribution in [1.29, 1.82) is 0 Å². The molecule has 0 saturated heterocycles. The summed E-state index contributed by atoms with van der Waals surface area (Å²) in [6.45, 7) is 1.21. The molecule has 0 radical (unpaired) electrons. The highest BCUT2D eigenvalue weighted by molar-refractivity contribution is 7.80. The van der Waals surface area contributed by atoms with Gasteiger partial charge in [-0.1, -0.05) is 42.5 Å². The fourth-order valence-electron chi connectivity index (χ4n) is 3.43. The predicted molar refractivity (Wildman–Crippen MR) is 139 cm³/mol. The number of phenolic OH excluding ortho intramolecular Hbond substituents is 1. The molecule has 5 unspecified atom stereocenters. The van der Waals surface area contributed by atoms with E-state index in [1.165, 1.54) is 19.1 Å². The predicted octanol–water partition coefficient (Wildman–Crippen LogP) is -0.646. The second-order valence-corrected chi connectivity index (χ2v) is 8.90. The van der Waals surface area contributed by atoms with Crippen LogP contribution in [0.4, 0.5) is 0 Å². The number of benzene rings is 2. The third-order valence-electron chi connectivity index (χ3n) is 5.51. The van der Waals surface area contributed by atoms with E-state index in [2.05, 4.69) is 28.6 Å². The number of amides is 3. The van der Waals surface area contributed by atoms with E-state index < -0.39 is 54.0 Å².